The van der Waals surface area contributed by atoms with Gasteiger partial charge in [0.15, 0.2) is 0 Å². The molecule has 0 aliphatic rings. The number of rotatable bonds is 8. The highest BCUT2D eigenvalue weighted by Crippen LogP contribution is 2.33. The maximum absolute atomic E-state index is 13.5. The lowest BCUT2D eigenvalue weighted by atomic mass is 10.1. The molecule has 5 nitrogen and oxygen atoms in total. The summed E-state index contributed by atoms with van der Waals surface area (Å²) < 4.78 is 34.6. The first-order chi connectivity index (χ1) is 15.3. The Balaban J connectivity index is 1.74. The Bertz CT molecular complexity index is 1320. The van der Waals surface area contributed by atoms with E-state index in [0.717, 1.165) is 33.4 Å². The van der Waals surface area contributed by atoms with Gasteiger partial charge in [-0.05, 0) is 42.0 Å². The van der Waals surface area contributed by atoms with Gasteiger partial charge in [0.1, 0.15) is 12.4 Å². The average molecular weight is 467 g/mol. The van der Waals surface area contributed by atoms with E-state index in [1.54, 1.807) is 12.3 Å². The third-order valence-electron chi connectivity index (χ3n) is 4.99. The predicted molar refractivity (Wildman–Crippen MR) is 131 cm³/mol. The maximum Gasteiger partial charge on any atom is 0.291 e. The third-order valence-corrected chi connectivity index (χ3v) is 8.14. The molecule has 0 amide bonds. The van der Waals surface area contributed by atoms with Gasteiger partial charge in [-0.3, -0.25) is 4.31 Å². The average Bonchev–Trinajstić information content (AvgIpc) is 3.23. The van der Waals surface area contributed by atoms with Crippen LogP contribution in [-0.2, 0) is 16.6 Å². The van der Waals surface area contributed by atoms with Crippen molar-refractivity contribution >= 4 is 37.8 Å². The number of aromatic nitrogens is 1. The number of hydrogen-bond donors (Lipinski definition) is 0. The first-order valence-electron chi connectivity index (χ1n) is 10.5. The lowest BCUT2D eigenvalue weighted by Gasteiger charge is -2.25. The number of ether oxygens (including phenoxy) is 1. The van der Waals surface area contributed by atoms with Crippen LogP contribution in [0, 0.1) is 12.8 Å². The monoisotopic (exact) mass is 466 g/mol. The lowest BCUT2D eigenvalue weighted by Crippen LogP contribution is -2.34. The number of thiazole rings is 1. The van der Waals surface area contributed by atoms with Crippen LogP contribution in [0.3, 0.4) is 0 Å². The van der Waals surface area contributed by atoms with Crippen molar-refractivity contribution in [1.82, 2.24) is 4.98 Å². The molecule has 0 aliphatic carbocycles. The smallest absolute Gasteiger partial charge is 0.291 e. The van der Waals surface area contributed by atoms with Crippen LogP contribution in [0.25, 0.3) is 10.8 Å². The Morgan fingerprint density at radius 3 is 2.50 bits per heavy atom. The number of benzene rings is 3. The second-order valence-electron chi connectivity index (χ2n) is 8.12. The maximum atomic E-state index is 13.5. The minimum Gasteiger partial charge on any atom is -0.488 e. The van der Waals surface area contributed by atoms with Gasteiger partial charge in [0.2, 0.25) is 4.34 Å². The molecule has 0 aliphatic heterocycles. The summed E-state index contributed by atoms with van der Waals surface area (Å²) in [6.07, 6.45) is 0. The Kier molecular flexibility index (Phi) is 6.48. The van der Waals surface area contributed by atoms with Crippen LogP contribution < -0.4 is 9.04 Å². The molecule has 0 fully saturated rings. The first-order valence-corrected chi connectivity index (χ1v) is 12.8. The highest BCUT2D eigenvalue weighted by Gasteiger charge is 2.29. The standard InChI is InChI=1S/C25H26N2O3S2/c1-18(2)15-27(32(28,29)25-26-19(3)17-31-25)22-13-12-21-10-7-11-24(23(21)14-22)30-16-20-8-5-4-6-9-20/h4-14,17-18H,15-16H2,1-3H3. The molecular formula is C25H26N2O3S2. The van der Waals surface area contributed by atoms with E-state index < -0.39 is 10.0 Å². The van der Waals surface area contributed by atoms with Gasteiger partial charge in [-0.25, -0.2) is 4.98 Å². The van der Waals surface area contributed by atoms with E-state index in [9.17, 15) is 8.42 Å². The summed E-state index contributed by atoms with van der Waals surface area (Å²) in [6.45, 7) is 6.61. The van der Waals surface area contributed by atoms with E-state index in [4.69, 9.17) is 4.74 Å². The van der Waals surface area contributed by atoms with Crippen molar-refractivity contribution < 1.29 is 13.2 Å². The van der Waals surface area contributed by atoms with Crippen LogP contribution in [0.1, 0.15) is 25.1 Å². The molecule has 4 rings (SSSR count). The highest BCUT2D eigenvalue weighted by molar-refractivity contribution is 7.94. The van der Waals surface area contributed by atoms with Gasteiger partial charge in [-0.2, -0.15) is 8.42 Å². The van der Waals surface area contributed by atoms with Crippen molar-refractivity contribution in [1.29, 1.82) is 0 Å². The molecule has 0 spiro atoms. The molecule has 0 saturated carbocycles. The second kappa shape index (κ2) is 9.30. The number of anilines is 1. The van der Waals surface area contributed by atoms with E-state index in [2.05, 4.69) is 4.98 Å². The van der Waals surface area contributed by atoms with Gasteiger partial charge in [-0.15, -0.1) is 11.3 Å². The summed E-state index contributed by atoms with van der Waals surface area (Å²) in [7, 11) is -3.77. The molecule has 0 bridgehead atoms. The fourth-order valence-electron chi connectivity index (χ4n) is 3.47. The molecule has 1 aromatic heterocycles. The number of fused-ring (bicyclic) bond motifs is 1. The quantitative estimate of drug-likeness (QED) is 0.318. The molecule has 7 heteroatoms. The van der Waals surface area contributed by atoms with Gasteiger partial charge in [0.05, 0.1) is 5.69 Å². The normalized spacial score (nSPS) is 11.8. The molecule has 0 N–H and O–H groups in total. The minimum atomic E-state index is -3.77. The fourth-order valence-corrected chi connectivity index (χ4v) is 6.22. The van der Waals surface area contributed by atoms with Crippen molar-refractivity contribution in [2.24, 2.45) is 5.92 Å². The van der Waals surface area contributed by atoms with Crippen LogP contribution in [-0.4, -0.2) is 19.9 Å². The Morgan fingerprint density at radius 1 is 1.03 bits per heavy atom. The van der Waals surface area contributed by atoms with Gasteiger partial charge in [0.25, 0.3) is 10.0 Å². The zero-order chi connectivity index (χ0) is 22.7. The molecule has 0 unspecified atom stereocenters. The van der Waals surface area contributed by atoms with Gasteiger partial charge in [-0.1, -0.05) is 62.4 Å². The molecule has 3 aromatic carbocycles. The summed E-state index contributed by atoms with van der Waals surface area (Å²) in [6, 6.07) is 21.5. The van der Waals surface area contributed by atoms with Crippen molar-refractivity contribution in [2.75, 3.05) is 10.8 Å². The largest absolute Gasteiger partial charge is 0.488 e. The van der Waals surface area contributed by atoms with Gasteiger partial charge < -0.3 is 4.74 Å². The van der Waals surface area contributed by atoms with E-state index in [1.807, 2.05) is 80.6 Å². The summed E-state index contributed by atoms with van der Waals surface area (Å²) in [5.74, 6) is 0.867. The highest BCUT2D eigenvalue weighted by atomic mass is 32.2. The second-order valence-corrected chi connectivity index (χ2v) is 11.0. The van der Waals surface area contributed by atoms with Crippen LogP contribution >= 0.6 is 11.3 Å². The fraction of sp³-hybridized carbons (Fsp3) is 0.240. The zero-order valence-electron chi connectivity index (χ0n) is 18.4. The van der Waals surface area contributed by atoms with Crippen molar-refractivity contribution in [3.8, 4) is 5.75 Å². The van der Waals surface area contributed by atoms with Crippen molar-refractivity contribution in [3.63, 3.8) is 0 Å². The first kappa shape index (κ1) is 22.3. The SMILES string of the molecule is Cc1csc(S(=O)(=O)N(CC(C)C)c2ccc3cccc(OCc4ccccc4)c3c2)n1. The summed E-state index contributed by atoms with van der Waals surface area (Å²) in [5.41, 5.74) is 2.38. The van der Waals surface area contributed by atoms with E-state index >= 15 is 0 Å². The van der Waals surface area contributed by atoms with Crippen molar-refractivity contribution in [3.05, 3.63) is 83.4 Å². The van der Waals surface area contributed by atoms with Crippen LogP contribution in [0.4, 0.5) is 5.69 Å². The zero-order valence-corrected chi connectivity index (χ0v) is 20.0. The van der Waals surface area contributed by atoms with Crippen LogP contribution in [0.2, 0.25) is 0 Å². The van der Waals surface area contributed by atoms with Crippen molar-refractivity contribution in [2.45, 2.75) is 31.7 Å². The Labute approximate surface area is 193 Å². The number of sulfonamides is 1. The Hall–Kier alpha value is -2.90. The molecule has 32 heavy (non-hydrogen) atoms. The topological polar surface area (TPSA) is 59.5 Å². The van der Waals surface area contributed by atoms with Gasteiger partial charge >= 0.3 is 0 Å². The summed E-state index contributed by atoms with van der Waals surface area (Å²) in [5, 5.41) is 3.63. The molecule has 0 atom stereocenters. The van der Waals surface area contributed by atoms with E-state index in [1.165, 1.54) is 4.31 Å². The third kappa shape index (κ3) is 4.79. The van der Waals surface area contributed by atoms with Gasteiger partial charge in [0, 0.05) is 23.0 Å². The Morgan fingerprint density at radius 2 is 1.81 bits per heavy atom. The molecule has 0 radical (unpaired) electrons. The van der Waals surface area contributed by atoms with Crippen LogP contribution in [0.15, 0.2) is 76.4 Å². The molecule has 1 heterocycles. The number of hydrogen-bond acceptors (Lipinski definition) is 5. The minimum absolute atomic E-state index is 0.115. The van der Waals surface area contributed by atoms with Crippen LogP contribution in [0.5, 0.6) is 5.75 Å². The predicted octanol–water partition coefficient (Wildman–Crippen LogP) is 6.04. The van der Waals surface area contributed by atoms with E-state index in [-0.39, 0.29) is 10.3 Å². The molecule has 0 saturated heterocycles. The molecule has 166 valence electrons. The lowest BCUT2D eigenvalue weighted by molar-refractivity contribution is 0.310. The molecular weight excluding hydrogens is 440 g/mol. The summed E-state index contributed by atoms with van der Waals surface area (Å²) >= 11 is 1.15. The van der Waals surface area contributed by atoms with E-state index in [0.29, 0.717) is 24.5 Å². The number of nitrogens with zero attached hydrogens (tertiary/aromatic N) is 2. The molecule has 4 aromatic rings. The summed E-state index contributed by atoms with van der Waals surface area (Å²) in [4.78, 5) is 4.24. The number of aryl methyl sites for hydroxylation is 1.